The minimum Gasteiger partial charge on any atom is -0.415 e. The van der Waals surface area contributed by atoms with E-state index in [1.54, 1.807) is 6.07 Å². The van der Waals surface area contributed by atoms with Crippen molar-refractivity contribution in [2.75, 3.05) is 0 Å². The lowest BCUT2D eigenvalue weighted by Gasteiger charge is -2.02. The van der Waals surface area contributed by atoms with E-state index in [0.29, 0.717) is 12.0 Å². The van der Waals surface area contributed by atoms with E-state index in [1.807, 2.05) is 6.92 Å². The van der Waals surface area contributed by atoms with Crippen molar-refractivity contribution in [2.24, 2.45) is 0 Å². The molecule has 98 valence electrons. The topological polar surface area (TPSA) is 93.2 Å². The van der Waals surface area contributed by atoms with Gasteiger partial charge < -0.3 is 4.74 Å². The maximum absolute atomic E-state index is 11.5. The first-order valence-electron chi connectivity index (χ1n) is 5.61. The minimum atomic E-state index is -0.574. The highest BCUT2D eigenvalue weighted by Crippen LogP contribution is 2.13. The number of hydrogen-bond acceptors (Lipinski definition) is 5. The van der Waals surface area contributed by atoms with Crippen molar-refractivity contribution in [3.8, 4) is 6.07 Å². The Kier molecular flexibility index (Phi) is 5.23. The average molecular weight is 260 g/mol. The molecule has 0 radical (unpaired) electrons. The van der Waals surface area contributed by atoms with Gasteiger partial charge in [0.05, 0.1) is 11.3 Å². The van der Waals surface area contributed by atoms with Gasteiger partial charge in [-0.1, -0.05) is 19.1 Å². The molecule has 0 aliphatic heterocycles. The molecule has 0 aliphatic rings. The summed E-state index contributed by atoms with van der Waals surface area (Å²) in [5.41, 5.74) is 0.546. The lowest BCUT2D eigenvalue weighted by Crippen LogP contribution is -2.07. The van der Waals surface area contributed by atoms with E-state index in [-0.39, 0.29) is 17.9 Å². The van der Waals surface area contributed by atoms with Gasteiger partial charge in [-0.15, -0.1) is 0 Å². The largest absolute Gasteiger partial charge is 0.415 e. The van der Waals surface area contributed by atoms with Crippen LogP contribution in [0.25, 0.3) is 0 Å². The molecule has 0 N–H and O–H groups in total. The van der Waals surface area contributed by atoms with Crippen molar-refractivity contribution >= 4 is 11.7 Å². The Morgan fingerprint density at radius 2 is 2.11 bits per heavy atom. The number of rotatable bonds is 5. The van der Waals surface area contributed by atoms with Crippen LogP contribution in [0.3, 0.4) is 0 Å². The van der Waals surface area contributed by atoms with Crippen LogP contribution in [-0.4, -0.2) is 10.9 Å². The average Bonchev–Trinajstić information content (AvgIpc) is 2.38. The van der Waals surface area contributed by atoms with Crippen molar-refractivity contribution in [1.29, 1.82) is 5.26 Å². The molecule has 19 heavy (non-hydrogen) atoms. The van der Waals surface area contributed by atoms with Gasteiger partial charge >= 0.3 is 5.97 Å². The molecule has 6 nitrogen and oxygen atoms in total. The normalized spacial score (nSPS) is 10.6. The number of esters is 1. The van der Waals surface area contributed by atoms with Gasteiger partial charge in [0, 0.05) is 12.1 Å². The maximum Gasteiger partial charge on any atom is 0.316 e. The molecular weight excluding hydrogens is 248 g/mol. The zero-order chi connectivity index (χ0) is 14.3. The third-order valence-corrected chi connectivity index (χ3v) is 2.22. The zero-order valence-corrected chi connectivity index (χ0v) is 10.3. The standard InChI is InChI=1S/C13H12N2O4/c1-2-3-12(9-14)19-13(16)8-10-4-6-11(7-5-10)15(17)18/h3-7H,2,8H2,1H3/b12-3-. The quantitative estimate of drug-likeness (QED) is 0.266. The smallest absolute Gasteiger partial charge is 0.316 e. The number of allylic oxidation sites excluding steroid dienone is 2. The highest BCUT2D eigenvalue weighted by Gasteiger charge is 2.10. The third-order valence-electron chi connectivity index (χ3n) is 2.22. The van der Waals surface area contributed by atoms with Crippen LogP contribution in [0.4, 0.5) is 5.69 Å². The van der Waals surface area contributed by atoms with Gasteiger partial charge in [0.2, 0.25) is 5.76 Å². The summed E-state index contributed by atoms with van der Waals surface area (Å²) >= 11 is 0. The number of ether oxygens (including phenoxy) is 1. The molecule has 0 saturated carbocycles. The summed E-state index contributed by atoms with van der Waals surface area (Å²) in [4.78, 5) is 21.5. The molecule has 1 aromatic rings. The zero-order valence-electron chi connectivity index (χ0n) is 10.3. The first kappa shape index (κ1) is 14.4. The van der Waals surface area contributed by atoms with Crippen LogP contribution < -0.4 is 0 Å². The molecular formula is C13H12N2O4. The molecule has 0 atom stereocenters. The van der Waals surface area contributed by atoms with Gasteiger partial charge in [0.25, 0.3) is 5.69 Å². The van der Waals surface area contributed by atoms with E-state index >= 15 is 0 Å². The fourth-order valence-corrected chi connectivity index (χ4v) is 1.36. The summed E-state index contributed by atoms with van der Waals surface area (Å²) in [6, 6.07) is 7.37. The van der Waals surface area contributed by atoms with Gasteiger partial charge in [-0.25, -0.2) is 0 Å². The molecule has 0 spiro atoms. The Hall–Kier alpha value is -2.68. The highest BCUT2D eigenvalue weighted by molar-refractivity contribution is 5.74. The molecule has 1 rings (SSSR count). The fourth-order valence-electron chi connectivity index (χ4n) is 1.36. The van der Waals surface area contributed by atoms with Crippen LogP contribution in [0, 0.1) is 21.4 Å². The van der Waals surface area contributed by atoms with Crippen molar-refractivity contribution in [3.63, 3.8) is 0 Å². The third kappa shape index (κ3) is 4.60. The Morgan fingerprint density at radius 1 is 1.47 bits per heavy atom. The Morgan fingerprint density at radius 3 is 2.58 bits per heavy atom. The van der Waals surface area contributed by atoms with E-state index < -0.39 is 10.9 Å². The predicted molar refractivity (Wildman–Crippen MR) is 66.9 cm³/mol. The number of carbonyl (C=O) groups excluding carboxylic acids is 1. The highest BCUT2D eigenvalue weighted by atomic mass is 16.6. The minimum absolute atomic E-state index is 0.0330. The van der Waals surface area contributed by atoms with Crippen LogP contribution in [0.1, 0.15) is 18.9 Å². The molecule has 0 saturated heterocycles. The number of hydrogen-bond donors (Lipinski definition) is 0. The molecule has 0 aromatic heterocycles. The van der Waals surface area contributed by atoms with Gasteiger partial charge in [0.1, 0.15) is 6.07 Å². The van der Waals surface area contributed by atoms with E-state index in [9.17, 15) is 14.9 Å². The first-order valence-corrected chi connectivity index (χ1v) is 5.61. The summed E-state index contributed by atoms with van der Waals surface area (Å²) < 4.78 is 4.85. The second-order valence-corrected chi connectivity index (χ2v) is 3.66. The monoisotopic (exact) mass is 260 g/mol. The molecule has 0 heterocycles. The van der Waals surface area contributed by atoms with Crippen LogP contribution >= 0.6 is 0 Å². The van der Waals surface area contributed by atoms with E-state index in [1.165, 1.54) is 30.3 Å². The number of non-ortho nitro benzene ring substituents is 1. The number of nitro benzene ring substituents is 1. The van der Waals surface area contributed by atoms with Crippen LogP contribution in [0.5, 0.6) is 0 Å². The van der Waals surface area contributed by atoms with Gasteiger partial charge in [-0.2, -0.15) is 5.26 Å². The lowest BCUT2D eigenvalue weighted by molar-refractivity contribution is -0.384. The van der Waals surface area contributed by atoms with E-state index in [2.05, 4.69) is 0 Å². The van der Waals surface area contributed by atoms with E-state index in [0.717, 1.165) is 0 Å². The SMILES string of the molecule is CC/C=C(/C#N)OC(=O)Cc1ccc([N+](=O)[O-])cc1. The Bertz CT molecular complexity index is 541. The summed E-state index contributed by atoms with van der Waals surface area (Å²) in [6.07, 6.45) is 2.06. The number of nitriles is 1. The molecule has 0 aliphatic carbocycles. The maximum atomic E-state index is 11.5. The molecule has 0 unspecified atom stereocenters. The van der Waals surface area contributed by atoms with Gasteiger partial charge in [0.15, 0.2) is 0 Å². The number of benzene rings is 1. The first-order chi connectivity index (χ1) is 9.06. The van der Waals surface area contributed by atoms with Crippen LogP contribution in [-0.2, 0) is 16.0 Å². The molecule has 0 amide bonds. The number of nitro groups is 1. The van der Waals surface area contributed by atoms with Gasteiger partial charge in [-0.05, 0) is 18.1 Å². The van der Waals surface area contributed by atoms with Crippen LogP contribution in [0.15, 0.2) is 36.1 Å². The second kappa shape index (κ2) is 6.91. The van der Waals surface area contributed by atoms with Gasteiger partial charge in [-0.3, -0.25) is 14.9 Å². The Balaban J connectivity index is 2.65. The van der Waals surface area contributed by atoms with Crippen LogP contribution in [0.2, 0.25) is 0 Å². The second-order valence-electron chi connectivity index (χ2n) is 3.66. The van der Waals surface area contributed by atoms with Crippen molar-refractivity contribution in [2.45, 2.75) is 19.8 Å². The van der Waals surface area contributed by atoms with E-state index in [4.69, 9.17) is 10.00 Å². The fraction of sp³-hybridized carbons (Fsp3) is 0.231. The summed E-state index contributed by atoms with van der Waals surface area (Å²) in [5, 5.41) is 19.2. The summed E-state index contributed by atoms with van der Waals surface area (Å²) in [6.45, 7) is 1.82. The Labute approximate surface area is 110 Å². The van der Waals surface area contributed by atoms with Crippen molar-refractivity contribution in [1.82, 2.24) is 0 Å². The summed E-state index contributed by atoms with van der Waals surface area (Å²) in [5.74, 6) is -0.607. The van der Waals surface area contributed by atoms with Crippen molar-refractivity contribution in [3.05, 3.63) is 51.8 Å². The summed E-state index contributed by atoms with van der Waals surface area (Å²) in [7, 11) is 0. The molecule has 0 bridgehead atoms. The molecule has 0 fully saturated rings. The predicted octanol–water partition coefficient (Wildman–Crippen LogP) is 2.50. The number of carbonyl (C=O) groups is 1. The lowest BCUT2D eigenvalue weighted by atomic mass is 10.1. The van der Waals surface area contributed by atoms with Crippen molar-refractivity contribution < 1.29 is 14.5 Å². The molecule has 6 heteroatoms. The number of nitrogens with zero attached hydrogens (tertiary/aromatic N) is 2. The molecule has 1 aromatic carbocycles.